The number of benzene rings is 1. The van der Waals surface area contributed by atoms with Gasteiger partial charge >= 0.3 is 0 Å². The number of pyridine rings is 1. The van der Waals surface area contributed by atoms with Crippen molar-refractivity contribution in [2.75, 3.05) is 31.2 Å². The minimum absolute atomic E-state index is 0.0916. The molecule has 1 saturated heterocycles. The molecule has 2 atom stereocenters. The van der Waals surface area contributed by atoms with E-state index in [1.807, 2.05) is 30.5 Å². The molecule has 0 spiro atoms. The number of thiazole rings is 1. The van der Waals surface area contributed by atoms with E-state index in [1.165, 1.54) is 4.70 Å². The highest BCUT2D eigenvalue weighted by Crippen LogP contribution is 2.38. The number of morpholine rings is 1. The number of anilines is 1. The van der Waals surface area contributed by atoms with E-state index in [0.29, 0.717) is 6.54 Å². The molecule has 160 valence electrons. The Kier molecular flexibility index (Phi) is 5.95. The molecule has 1 aliphatic carbocycles. The lowest BCUT2D eigenvalue weighted by Gasteiger charge is -2.28. The highest BCUT2D eigenvalue weighted by Gasteiger charge is 2.32. The second-order valence-electron chi connectivity index (χ2n) is 8.02. The molecule has 2 aliphatic rings. The maximum absolute atomic E-state index is 13.1. The van der Waals surface area contributed by atoms with Gasteiger partial charge in [-0.05, 0) is 42.7 Å². The summed E-state index contributed by atoms with van der Waals surface area (Å²) < 4.78 is 6.61. The van der Waals surface area contributed by atoms with Crippen LogP contribution in [0, 0.1) is 5.92 Å². The number of rotatable bonds is 5. The Balaban J connectivity index is 1.27. The van der Waals surface area contributed by atoms with Gasteiger partial charge in [0.25, 0.3) is 0 Å². The summed E-state index contributed by atoms with van der Waals surface area (Å²) in [4.78, 5) is 24.7. The summed E-state index contributed by atoms with van der Waals surface area (Å²) in [5.41, 5.74) is 2.08. The highest BCUT2D eigenvalue weighted by molar-refractivity contribution is 7.18. The quantitative estimate of drug-likeness (QED) is 0.617. The first kappa shape index (κ1) is 20.2. The third-order valence-corrected chi connectivity index (χ3v) is 7.18. The molecule has 6 nitrogen and oxygen atoms in total. The fraction of sp³-hybridized carbons (Fsp3) is 0.375. The van der Waals surface area contributed by atoms with Crippen LogP contribution in [0.2, 0.25) is 0 Å². The van der Waals surface area contributed by atoms with Gasteiger partial charge in [0, 0.05) is 31.7 Å². The topological polar surface area (TPSA) is 67.4 Å². The van der Waals surface area contributed by atoms with Gasteiger partial charge in [0.15, 0.2) is 0 Å². The van der Waals surface area contributed by atoms with Gasteiger partial charge in [0.1, 0.15) is 5.82 Å². The van der Waals surface area contributed by atoms with Crippen LogP contribution in [0.1, 0.15) is 29.3 Å². The molecule has 7 heteroatoms. The molecule has 3 heterocycles. The maximum atomic E-state index is 13.1. The van der Waals surface area contributed by atoms with Crippen LogP contribution in [-0.2, 0) is 16.1 Å². The van der Waals surface area contributed by atoms with E-state index in [-0.39, 0.29) is 17.7 Å². The summed E-state index contributed by atoms with van der Waals surface area (Å²) >= 11 is 1.71. The van der Waals surface area contributed by atoms with E-state index < -0.39 is 0 Å². The van der Waals surface area contributed by atoms with Gasteiger partial charge in [-0.3, -0.25) is 4.79 Å². The number of nitrogens with zero attached hydrogens (tertiary/aromatic N) is 3. The van der Waals surface area contributed by atoms with Gasteiger partial charge in [0.05, 0.1) is 34.4 Å². The third kappa shape index (κ3) is 4.48. The Bertz CT molecular complexity index is 1060. The first-order valence-electron chi connectivity index (χ1n) is 10.8. The number of fused-ring (bicyclic) bond motifs is 1. The summed E-state index contributed by atoms with van der Waals surface area (Å²) in [5, 5.41) is 4.22. The zero-order chi connectivity index (χ0) is 21.0. The molecule has 1 aliphatic heterocycles. The minimum atomic E-state index is -0.0916. The zero-order valence-corrected chi connectivity index (χ0v) is 18.2. The molecular formula is C24H26N4O2S. The van der Waals surface area contributed by atoms with Crippen molar-refractivity contribution in [3.05, 3.63) is 65.3 Å². The number of carbonyl (C=O) groups excluding carboxylic acids is 1. The third-order valence-electron chi connectivity index (χ3n) is 6.01. The van der Waals surface area contributed by atoms with Crippen molar-refractivity contribution in [1.82, 2.24) is 15.3 Å². The number of para-hydroxylation sites is 1. The molecule has 1 amide bonds. The van der Waals surface area contributed by atoms with Crippen LogP contribution < -0.4 is 10.2 Å². The van der Waals surface area contributed by atoms with Crippen LogP contribution in [0.15, 0.2) is 54.7 Å². The molecular weight excluding hydrogens is 408 g/mol. The van der Waals surface area contributed by atoms with Gasteiger partial charge in [-0.2, -0.15) is 0 Å². The first-order valence-corrected chi connectivity index (χ1v) is 11.7. The Hall–Kier alpha value is -2.77. The second kappa shape index (κ2) is 9.16. The zero-order valence-electron chi connectivity index (χ0n) is 17.4. The highest BCUT2D eigenvalue weighted by atomic mass is 32.1. The lowest BCUT2D eigenvalue weighted by atomic mass is 9.82. The van der Waals surface area contributed by atoms with E-state index in [1.54, 1.807) is 11.3 Å². The van der Waals surface area contributed by atoms with Gasteiger partial charge in [0.2, 0.25) is 5.91 Å². The molecule has 5 rings (SSSR count). The predicted molar refractivity (Wildman–Crippen MR) is 123 cm³/mol. The average Bonchev–Trinajstić information content (AvgIpc) is 3.27. The molecule has 0 bridgehead atoms. The Labute approximate surface area is 186 Å². The number of allylic oxidation sites excluding steroid dienone is 2. The monoisotopic (exact) mass is 434 g/mol. The normalized spacial score (nSPS) is 21.4. The molecule has 2 aromatic heterocycles. The van der Waals surface area contributed by atoms with Crippen molar-refractivity contribution in [3.8, 4) is 0 Å². The van der Waals surface area contributed by atoms with Gasteiger partial charge in [-0.1, -0.05) is 24.3 Å². The summed E-state index contributed by atoms with van der Waals surface area (Å²) in [6.07, 6.45) is 7.73. The van der Waals surface area contributed by atoms with E-state index >= 15 is 0 Å². The number of hydrogen-bond donors (Lipinski definition) is 1. The SMILES string of the molecule is O=C(NCc1ccnc(N2CCOCC2)c1)C1CC=CCC1c1nc2ccccc2s1. The molecule has 31 heavy (non-hydrogen) atoms. The van der Waals surface area contributed by atoms with Gasteiger partial charge < -0.3 is 15.0 Å². The van der Waals surface area contributed by atoms with Crippen LogP contribution in [0.25, 0.3) is 10.2 Å². The van der Waals surface area contributed by atoms with E-state index in [9.17, 15) is 4.79 Å². The number of ether oxygens (including phenoxy) is 1. The first-order chi connectivity index (χ1) is 15.3. The number of hydrogen-bond acceptors (Lipinski definition) is 6. The number of amides is 1. The second-order valence-corrected chi connectivity index (χ2v) is 9.08. The van der Waals surface area contributed by atoms with E-state index in [0.717, 1.165) is 61.1 Å². The fourth-order valence-electron chi connectivity index (χ4n) is 4.28. The Morgan fingerprint density at radius 1 is 1.16 bits per heavy atom. The van der Waals surface area contributed by atoms with E-state index in [4.69, 9.17) is 9.72 Å². The molecule has 1 aromatic carbocycles. The lowest BCUT2D eigenvalue weighted by Crippen LogP contribution is -2.37. The molecule has 1 fully saturated rings. The van der Waals surface area contributed by atoms with Crippen LogP contribution in [0.4, 0.5) is 5.82 Å². The van der Waals surface area contributed by atoms with Crippen molar-refractivity contribution in [1.29, 1.82) is 0 Å². The number of aromatic nitrogens is 2. The summed E-state index contributed by atoms with van der Waals surface area (Å²) in [5.74, 6) is 1.08. The minimum Gasteiger partial charge on any atom is -0.378 e. The molecule has 0 radical (unpaired) electrons. The van der Waals surface area contributed by atoms with Crippen molar-refractivity contribution in [3.63, 3.8) is 0 Å². The summed E-state index contributed by atoms with van der Waals surface area (Å²) in [6, 6.07) is 12.2. The van der Waals surface area contributed by atoms with Crippen molar-refractivity contribution in [2.24, 2.45) is 5.92 Å². The Morgan fingerprint density at radius 2 is 2.00 bits per heavy atom. The number of carbonyl (C=O) groups is 1. The largest absolute Gasteiger partial charge is 0.378 e. The maximum Gasteiger partial charge on any atom is 0.224 e. The Morgan fingerprint density at radius 3 is 2.87 bits per heavy atom. The van der Waals surface area contributed by atoms with Crippen LogP contribution >= 0.6 is 11.3 Å². The lowest BCUT2D eigenvalue weighted by molar-refractivity contribution is -0.125. The van der Waals surface area contributed by atoms with Crippen molar-refractivity contribution >= 4 is 33.3 Å². The summed E-state index contributed by atoms with van der Waals surface area (Å²) in [7, 11) is 0. The molecule has 1 N–H and O–H groups in total. The van der Waals surface area contributed by atoms with E-state index in [2.05, 4.69) is 39.5 Å². The van der Waals surface area contributed by atoms with Gasteiger partial charge in [-0.15, -0.1) is 11.3 Å². The van der Waals surface area contributed by atoms with Crippen LogP contribution in [0.3, 0.4) is 0 Å². The standard InChI is InChI=1S/C24H26N4O2S/c29-23(26-16-17-9-10-25-22(15-17)28-11-13-30-14-12-28)18-5-1-2-6-19(18)24-27-20-7-3-4-8-21(20)31-24/h1-4,7-10,15,18-19H,5-6,11-14,16H2,(H,26,29). The van der Waals surface area contributed by atoms with Crippen LogP contribution in [-0.4, -0.2) is 42.2 Å². The molecule has 3 aromatic rings. The van der Waals surface area contributed by atoms with Gasteiger partial charge in [-0.25, -0.2) is 9.97 Å². The average molecular weight is 435 g/mol. The fourth-order valence-corrected chi connectivity index (χ4v) is 5.43. The smallest absolute Gasteiger partial charge is 0.224 e. The predicted octanol–water partition coefficient (Wildman–Crippen LogP) is 3.89. The van der Waals surface area contributed by atoms with Crippen LogP contribution in [0.5, 0.6) is 0 Å². The summed E-state index contributed by atoms with van der Waals surface area (Å²) in [6.45, 7) is 3.66. The molecule has 2 unspecified atom stereocenters. The van der Waals surface area contributed by atoms with Crippen molar-refractivity contribution in [2.45, 2.75) is 25.3 Å². The molecule has 0 saturated carbocycles. The number of nitrogens with one attached hydrogen (secondary N) is 1. The van der Waals surface area contributed by atoms with Crippen molar-refractivity contribution < 1.29 is 9.53 Å².